The Bertz CT molecular complexity index is 523. The van der Waals surface area contributed by atoms with Gasteiger partial charge in [0.05, 0.1) is 21.8 Å². The maximum absolute atomic E-state index is 12.1. The highest BCUT2D eigenvalue weighted by Gasteiger charge is 2.23. The first-order chi connectivity index (χ1) is 8.62. The van der Waals surface area contributed by atoms with Gasteiger partial charge in [0.15, 0.2) is 9.84 Å². The fraction of sp³-hybridized carbons (Fsp3) is 0.538. The van der Waals surface area contributed by atoms with Crippen LogP contribution in [0, 0.1) is 0 Å². The van der Waals surface area contributed by atoms with Gasteiger partial charge in [-0.25, -0.2) is 8.42 Å². The van der Waals surface area contributed by atoms with Crippen LogP contribution >= 0.6 is 11.6 Å². The summed E-state index contributed by atoms with van der Waals surface area (Å²) in [5, 5.41) is 13.1. The highest BCUT2D eigenvalue weighted by molar-refractivity contribution is 7.91. The maximum atomic E-state index is 12.1. The van der Waals surface area contributed by atoms with Crippen LogP contribution in [0.15, 0.2) is 29.2 Å². The number of hydrogen-bond donors (Lipinski definition) is 2. The molecule has 0 aliphatic carbocycles. The second kappa shape index (κ2) is 6.22. The van der Waals surface area contributed by atoms with E-state index in [0.717, 1.165) is 0 Å². The van der Waals surface area contributed by atoms with E-state index in [0.29, 0.717) is 0 Å². The summed E-state index contributed by atoms with van der Waals surface area (Å²) in [7, 11) is -3.58. The Morgan fingerprint density at radius 1 is 1.32 bits per heavy atom. The standard InChI is InChI=1S/C13H20ClNO3S/c1-13(2,3)15-8-10(16)9-19(17,18)12-7-5-4-6-11(12)14/h4-7,10,15-16H,8-9H2,1-3H3. The molecule has 1 rings (SSSR count). The van der Waals surface area contributed by atoms with E-state index in [1.165, 1.54) is 12.1 Å². The van der Waals surface area contributed by atoms with Gasteiger partial charge in [0.1, 0.15) is 0 Å². The molecule has 0 fully saturated rings. The van der Waals surface area contributed by atoms with Crippen LogP contribution < -0.4 is 5.32 Å². The van der Waals surface area contributed by atoms with Crippen molar-refractivity contribution >= 4 is 21.4 Å². The molecule has 0 aromatic heterocycles. The van der Waals surface area contributed by atoms with Gasteiger partial charge in [-0.3, -0.25) is 0 Å². The smallest absolute Gasteiger partial charge is 0.182 e. The number of nitrogens with one attached hydrogen (secondary N) is 1. The molecular formula is C13H20ClNO3S. The molecular weight excluding hydrogens is 286 g/mol. The summed E-state index contributed by atoms with van der Waals surface area (Å²) < 4.78 is 24.2. The highest BCUT2D eigenvalue weighted by Crippen LogP contribution is 2.22. The minimum absolute atomic E-state index is 0.0616. The fourth-order valence-corrected chi connectivity index (χ4v) is 3.47. The van der Waals surface area contributed by atoms with E-state index >= 15 is 0 Å². The average molecular weight is 306 g/mol. The van der Waals surface area contributed by atoms with Crippen molar-refractivity contribution in [3.8, 4) is 0 Å². The zero-order chi connectivity index (χ0) is 14.7. The van der Waals surface area contributed by atoms with Crippen molar-refractivity contribution in [1.29, 1.82) is 0 Å². The molecule has 1 unspecified atom stereocenters. The van der Waals surface area contributed by atoms with Crippen LogP contribution in [0.5, 0.6) is 0 Å². The Hall–Kier alpha value is -0.620. The Kier molecular flexibility index (Phi) is 5.38. The second-order valence-corrected chi connectivity index (χ2v) is 7.91. The Morgan fingerprint density at radius 3 is 2.42 bits per heavy atom. The summed E-state index contributed by atoms with van der Waals surface area (Å²) in [6.07, 6.45) is -0.972. The zero-order valence-electron chi connectivity index (χ0n) is 11.4. The van der Waals surface area contributed by atoms with Gasteiger partial charge in [-0.15, -0.1) is 0 Å². The second-order valence-electron chi connectivity index (χ2n) is 5.50. The minimum Gasteiger partial charge on any atom is -0.391 e. The topological polar surface area (TPSA) is 66.4 Å². The summed E-state index contributed by atoms with van der Waals surface area (Å²) in [6, 6.07) is 6.24. The molecule has 19 heavy (non-hydrogen) atoms. The number of rotatable bonds is 5. The van der Waals surface area contributed by atoms with E-state index in [9.17, 15) is 13.5 Å². The van der Waals surface area contributed by atoms with Crippen LogP contribution in [-0.2, 0) is 9.84 Å². The molecule has 108 valence electrons. The summed E-state index contributed by atoms with van der Waals surface area (Å²) in [5.74, 6) is -0.347. The highest BCUT2D eigenvalue weighted by atomic mass is 35.5. The molecule has 0 aliphatic rings. The molecule has 1 aromatic carbocycles. The van der Waals surface area contributed by atoms with E-state index in [2.05, 4.69) is 5.32 Å². The number of benzene rings is 1. The summed E-state index contributed by atoms with van der Waals surface area (Å²) in [6.45, 7) is 6.06. The van der Waals surface area contributed by atoms with Crippen LogP contribution in [0.2, 0.25) is 5.02 Å². The van der Waals surface area contributed by atoms with E-state index in [4.69, 9.17) is 11.6 Å². The molecule has 0 heterocycles. The van der Waals surface area contributed by atoms with Crippen molar-refractivity contribution in [2.24, 2.45) is 0 Å². The van der Waals surface area contributed by atoms with Crippen LogP contribution in [0.1, 0.15) is 20.8 Å². The van der Waals surface area contributed by atoms with Crippen LogP contribution in [-0.4, -0.2) is 37.5 Å². The van der Waals surface area contributed by atoms with E-state index in [-0.39, 0.29) is 27.8 Å². The Labute approximate surface area is 119 Å². The van der Waals surface area contributed by atoms with E-state index in [1.54, 1.807) is 12.1 Å². The number of aliphatic hydroxyl groups excluding tert-OH is 1. The van der Waals surface area contributed by atoms with E-state index in [1.807, 2.05) is 20.8 Å². The van der Waals surface area contributed by atoms with Crippen molar-refractivity contribution in [3.05, 3.63) is 29.3 Å². The molecule has 0 spiro atoms. The third kappa shape index (κ3) is 5.48. The molecule has 0 saturated heterocycles. The van der Waals surface area contributed by atoms with E-state index < -0.39 is 15.9 Å². The van der Waals surface area contributed by atoms with Gasteiger partial charge in [-0.1, -0.05) is 23.7 Å². The lowest BCUT2D eigenvalue weighted by molar-refractivity contribution is 0.181. The average Bonchev–Trinajstić information content (AvgIpc) is 2.25. The first-order valence-electron chi connectivity index (χ1n) is 6.02. The monoisotopic (exact) mass is 305 g/mol. The largest absolute Gasteiger partial charge is 0.391 e. The van der Waals surface area contributed by atoms with Crippen molar-refractivity contribution in [2.75, 3.05) is 12.3 Å². The van der Waals surface area contributed by atoms with Crippen LogP contribution in [0.4, 0.5) is 0 Å². The molecule has 0 aliphatic heterocycles. The quantitative estimate of drug-likeness (QED) is 0.871. The van der Waals surface area contributed by atoms with Gasteiger partial charge >= 0.3 is 0 Å². The molecule has 4 nitrogen and oxygen atoms in total. The number of β-amino-alcohol motifs (C(OH)–C–C–N with tert-alkyl or cyclic N) is 1. The Balaban J connectivity index is 2.73. The predicted octanol–water partition coefficient (Wildman–Crippen LogP) is 1.86. The molecule has 2 N–H and O–H groups in total. The maximum Gasteiger partial charge on any atom is 0.182 e. The van der Waals surface area contributed by atoms with Crippen molar-refractivity contribution in [1.82, 2.24) is 5.32 Å². The zero-order valence-corrected chi connectivity index (χ0v) is 12.9. The van der Waals surface area contributed by atoms with Gasteiger partial charge in [0.2, 0.25) is 0 Å². The molecule has 0 saturated carbocycles. The van der Waals surface area contributed by atoms with Crippen LogP contribution in [0.3, 0.4) is 0 Å². The first kappa shape index (κ1) is 16.4. The molecule has 1 atom stereocenters. The van der Waals surface area contributed by atoms with Gasteiger partial charge in [0.25, 0.3) is 0 Å². The third-order valence-electron chi connectivity index (χ3n) is 2.45. The molecule has 0 amide bonds. The molecule has 6 heteroatoms. The molecule has 1 aromatic rings. The SMILES string of the molecule is CC(C)(C)NCC(O)CS(=O)(=O)c1ccccc1Cl. The lowest BCUT2D eigenvalue weighted by Gasteiger charge is -2.22. The Morgan fingerprint density at radius 2 is 1.89 bits per heavy atom. The molecule has 0 bridgehead atoms. The van der Waals surface area contributed by atoms with Crippen molar-refractivity contribution < 1.29 is 13.5 Å². The number of hydrogen-bond acceptors (Lipinski definition) is 4. The first-order valence-corrected chi connectivity index (χ1v) is 8.05. The van der Waals surface area contributed by atoms with Crippen molar-refractivity contribution in [3.63, 3.8) is 0 Å². The molecule has 0 radical (unpaired) electrons. The lowest BCUT2D eigenvalue weighted by atomic mass is 10.1. The van der Waals surface area contributed by atoms with Gasteiger partial charge in [-0.2, -0.15) is 0 Å². The van der Waals surface area contributed by atoms with Crippen molar-refractivity contribution in [2.45, 2.75) is 37.3 Å². The number of aliphatic hydroxyl groups is 1. The minimum atomic E-state index is -3.58. The lowest BCUT2D eigenvalue weighted by Crippen LogP contribution is -2.42. The predicted molar refractivity (Wildman–Crippen MR) is 77.3 cm³/mol. The number of halogens is 1. The van der Waals surface area contributed by atoms with Crippen LogP contribution in [0.25, 0.3) is 0 Å². The van der Waals surface area contributed by atoms with Gasteiger partial charge in [-0.05, 0) is 32.9 Å². The summed E-state index contributed by atoms with van der Waals surface area (Å²) in [4.78, 5) is 0.0616. The summed E-state index contributed by atoms with van der Waals surface area (Å²) in [5.41, 5.74) is -0.171. The van der Waals surface area contributed by atoms with Gasteiger partial charge < -0.3 is 10.4 Å². The normalized spacial score (nSPS) is 14.4. The third-order valence-corrected chi connectivity index (χ3v) is 4.74. The number of sulfone groups is 1. The summed E-state index contributed by atoms with van der Waals surface area (Å²) >= 11 is 5.87. The fourth-order valence-electron chi connectivity index (χ4n) is 1.52. The van der Waals surface area contributed by atoms with Gasteiger partial charge in [0, 0.05) is 12.1 Å².